The molecule has 1 aliphatic carbocycles. The Bertz CT molecular complexity index is 1610. The van der Waals surface area contributed by atoms with Crippen LogP contribution in [0.5, 0.6) is 5.75 Å². The summed E-state index contributed by atoms with van der Waals surface area (Å²) in [6.45, 7) is 9.89. The number of hydrogen-bond acceptors (Lipinski definition) is 7. The molecule has 3 heterocycles. The smallest absolute Gasteiger partial charge is 0.312 e. The van der Waals surface area contributed by atoms with Crippen LogP contribution < -0.4 is 4.74 Å². The molecule has 3 unspecified atom stereocenters. The standard InChI is InChI=1S/C33H39N5O3/c1-7-24-19-38(18-23-17-34-15-14-29(23)41-24)27-12-10-21-8-9-22(16-26(21)27)30(33(3,4)32(39)40-6)25-11-13-28-31(20(25)2)35-36-37(28)5/h8-9,11,13-17,24,27,30H,7,10,12,18-19H2,1-6H3. The van der Waals surface area contributed by atoms with Crippen molar-refractivity contribution in [3.05, 3.63) is 82.2 Å². The van der Waals surface area contributed by atoms with E-state index in [2.05, 4.69) is 64.4 Å². The highest BCUT2D eigenvalue weighted by atomic mass is 16.5. The summed E-state index contributed by atoms with van der Waals surface area (Å²) in [5.74, 6) is 0.475. The number of esters is 1. The molecule has 8 nitrogen and oxygen atoms in total. The summed E-state index contributed by atoms with van der Waals surface area (Å²) >= 11 is 0. The van der Waals surface area contributed by atoms with Gasteiger partial charge in [0.2, 0.25) is 0 Å². The van der Waals surface area contributed by atoms with Gasteiger partial charge in [0, 0.05) is 50.1 Å². The number of rotatable bonds is 6. The maximum Gasteiger partial charge on any atom is 0.312 e. The largest absolute Gasteiger partial charge is 0.489 e. The van der Waals surface area contributed by atoms with Gasteiger partial charge in [-0.1, -0.05) is 36.4 Å². The van der Waals surface area contributed by atoms with Crippen molar-refractivity contribution in [2.45, 2.75) is 71.6 Å². The molecule has 0 radical (unpaired) electrons. The first-order valence-corrected chi connectivity index (χ1v) is 14.6. The molecule has 0 spiro atoms. The van der Waals surface area contributed by atoms with Gasteiger partial charge in [-0.05, 0) is 80.0 Å². The summed E-state index contributed by atoms with van der Waals surface area (Å²) < 4.78 is 13.5. The van der Waals surface area contributed by atoms with Crippen LogP contribution in [0.4, 0.5) is 0 Å². The molecule has 0 N–H and O–H groups in total. The molecule has 2 aromatic carbocycles. The van der Waals surface area contributed by atoms with Crippen molar-refractivity contribution in [2.24, 2.45) is 12.5 Å². The minimum Gasteiger partial charge on any atom is -0.489 e. The molecule has 0 saturated heterocycles. The van der Waals surface area contributed by atoms with E-state index >= 15 is 0 Å². The van der Waals surface area contributed by atoms with Crippen molar-refractivity contribution in [3.8, 4) is 5.75 Å². The Balaban J connectivity index is 1.44. The zero-order chi connectivity index (χ0) is 28.9. The average molecular weight is 554 g/mol. The Labute approximate surface area is 241 Å². The lowest BCUT2D eigenvalue weighted by molar-refractivity contribution is -0.151. The van der Waals surface area contributed by atoms with E-state index in [4.69, 9.17) is 9.47 Å². The number of ether oxygens (including phenoxy) is 2. The molecule has 4 aromatic rings. The van der Waals surface area contributed by atoms with Gasteiger partial charge in [-0.15, -0.1) is 5.10 Å². The lowest BCUT2D eigenvalue weighted by Crippen LogP contribution is -2.35. The molecule has 41 heavy (non-hydrogen) atoms. The van der Waals surface area contributed by atoms with Crippen LogP contribution in [-0.4, -0.2) is 50.6 Å². The van der Waals surface area contributed by atoms with Gasteiger partial charge in [-0.3, -0.25) is 14.7 Å². The summed E-state index contributed by atoms with van der Waals surface area (Å²) in [6.07, 6.45) is 6.90. The van der Waals surface area contributed by atoms with E-state index in [1.807, 2.05) is 39.4 Å². The molecule has 6 rings (SSSR count). The highest BCUT2D eigenvalue weighted by Gasteiger charge is 2.42. The fraction of sp³-hybridized carbons (Fsp3) is 0.455. The zero-order valence-corrected chi connectivity index (χ0v) is 24.8. The summed E-state index contributed by atoms with van der Waals surface area (Å²) in [5, 5.41) is 8.69. The van der Waals surface area contributed by atoms with E-state index in [1.165, 1.54) is 18.2 Å². The molecule has 0 amide bonds. The lowest BCUT2D eigenvalue weighted by Gasteiger charge is -2.35. The molecule has 0 fully saturated rings. The van der Waals surface area contributed by atoms with Crippen LogP contribution in [0.15, 0.2) is 48.8 Å². The second kappa shape index (κ2) is 10.6. The molecule has 0 saturated carbocycles. The summed E-state index contributed by atoms with van der Waals surface area (Å²) in [6, 6.07) is 13.3. The van der Waals surface area contributed by atoms with Crippen LogP contribution in [0.25, 0.3) is 11.0 Å². The number of nitrogens with zero attached hydrogens (tertiary/aromatic N) is 5. The topological polar surface area (TPSA) is 82.4 Å². The van der Waals surface area contributed by atoms with Gasteiger partial charge in [0.15, 0.2) is 0 Å². The molecule has 2 aliphatic rings. The van der Waals surface area contributed by atoms with Gasteiger partial charge in [0.05, 0.1) is 18.0 Å². The summed E-state index contributed by atoms with van der Waals surface area (Å²) in [5.41, 5.74) is 8.07. The molecule has 8 heteroatoms. The Morgan fingerprint density at radius 1 is 1.20 bits per heavy atom. The van der Waals surface area contributed by atoms with Crippen molar-refractivity contribution in [1.82, 2.24) is 24.9 Å². The molecule has 2 aromatic heterocycles. The number of methoxy groups -OCH3 is 1. The number of pyridine rings is 1. The Morgan fingerprint density at radius 2 is 2.02 bits per heavy atom. The van der Waals surface area contributed by atoms with Crippen molar-refractivity contribution in [1.29, 1.82) is 0 Å². The van der Waals surface area contributed by atoms with Crippen LogP contribution in [0.1, 0.15) is 79.0 Å². The van der Waals surface area contributed by atoms with Crippen molar-refractivity contribution >= 4 is 17.0 Å². The van der Waals surface area contributed by atoms with Crippen LogP contribution in [0.3, 0.4) is 0 Å². The molecule has 1 aliphatic heterocycles. The Hall–Kier alpha value is -3.78. The fourth-order valence-electron chi connectivity index (χ4n) is 6.94. The van der Waals surface area contributed by atoms with Gasteiger partial charge in [-0.25, -0.2) is 4.68 Å². The minimum atomic E-state index is -0.813. The van der Waals surface area contributed by atoms with E-state index in [0.717, 1.165) is 71.4 Å². The fourth-order valence-corrected chi connectivity index (χ4v) is 6.94. The third-order valence-electron chi connectivity index (χ3n) is 9.23. The van der Waals surface area contributed by atoms with Crippen molar-refractivity contribution in [3.63, 3.8) is 0 Å². The molecule has 214 valence electrons. The highest BCUT2D eigenvalue weighted by molar-refractivity contribution is 5.82. The van der Waals surface area contributed by atoms with Gasteiger partial charge >= 0.3 is 5.97 Å². The number of aryl methyl sites for hydroxylation is 3. The van der Waals surface area contributed by atoms with E-state index in [-0.39, 0.29) is 24.0 Å². The number of hydrogen-bond donors (Lipinski definition) is 0. The third kappa shape index (κ3) is 4.68. The number of carbonyl (C=O) groups is 1. The second-order valence-corrected chi connectivity index (χ2v) is 12.1. The van der Waals surface area contributed by atoms with Crippen LogP contribution in [0, 0.1) is 12.3 Å². The zero-order valence-electron chi connectivity index (χ0n) is 24.8. The second-order valence-electron chi connectivity index (χ2n) is 12.1. The number of benzene rings is 2. The molecule has 0 bridgehead atoms. The number of carbonyl (C=O) groups excluding carboxylic acids is 1. The van der Waals surface area contributed by atoms with Gasteiger partial charge in [0.1, 0.15) is 17.4 Å². The molecular formula is C33H39N5O3. The van der Waals surface area contributed by atoms with E-state index in [0.29, 0.717) is 0 Å². The van der Waals surface area contributed by atoms with Crippen molar-refractivity contribution in [2.75, 3.05) is 13.7 Å². The van der Waals surface area contributed by atoms with Gasteiger partial charge < -0.3 is 9.47 Å². The quantitative estimate of drug-likeness (QED) is 0.285. The van der Waals surface area contributed by atoms with Gasteiger partial charge in [-0.2, -0.15) is 0 Å². The molecular weight excluding hydrogens is 514 g/mol. The average Bonchev–Trinajstić information content (AvgIpc) is 3.51. The first-order valence-electron chi connectivity index (χ1n) is 14.6. The number of aromatic nitrogens is 4. The van der Waals surface area contributed by atoms with Gasteiger partial charge in [0.25, 0.3) is 0 Å². The maximum absolute atomic E-state index is 13.3. The van der Waals surface area contributed by atoms with Crippen LogP contribution in [0.2, 0.25) is 0 Å². The van der Waals surface area contributed by atoms with E-state index < -0.39 is 5.41 Å². The predicted molar refractivity (Wildman–Crippen MR) is 158 cm³/mol. The Kier molecular flexibility index (Phi) is 7.06. The van der Waals surface area contributed by atoms with Crippen LogP contribution >= 0.6 is 0 Å². The van der Waals surface area contributed by atoms with Crippen molar-refractivity contribution < 1.29 is 14.3 Å². The van der Waals surface area contributed by atoms with E-state index in [1.54, 1.807) is 4.68 Å². The highest BCUT2D eigenvalue weighted by Crippen LogP contribution is 2.47. The lowest BCUT2D eigenvalue weighted by atomic mass is 9.69. The van der Waals surface area contributed by atoms with E-state index in [9.17, 15) is 4.79 Å². The SMILES string of the molecule is CCC1CN(C2CCc3ccc(C(c4ccc5c(nnn5C)c4C)C(C)(C)C(=O)OC)cc32)Cc2cnccc2O1. The monoisotopic (exact) mass is 553 g/mol. The van der Waals surface area contributed by atoms with Crippen LogP contribution in [-0.2, 0) is 29.5 Å². The summed E-state index contributed by atoms with van der Waals surface area (Å²) in [4.78, 5) is 20.2. The predicted octanol–water partition coefficient (Wildman–Crippen LogP) is 5.66. The third-order valence-corrected chi connectivity index (χ3v) is 9.23. The number of fused-ring (bicyclic) bond motifs is 3. The maximum atomic E-state index is 13.3. The first kappa shape index (κ1) is 27.4. The minimum absolute atomic E-state index is 0.123. The normalized spacial score (nSPS) is 19.8. The summed E-state index contributed by atoms with van der Waals surface area (Å²) in [7, 11) is 3.37. The first-order chi connectivity index (χ1) is 19.7. The molecule has 3 atom stereocenters. The Morgan fingerprint density at radius 3 is 2.80 bits per heavy atom.